The van der Waals surface area contributed by atoms with Gasteiger partial charge in [-0.05, 0) is 13.3 Å². The summed E-state index contributed by atoms with van der Waals surface area (Å²) in [5, 5.41) is 9.06. The Morgan fingerprint density at radius 3 is 2.83 bits per heavy atom. The second-order valence-electron chi connectivity index (χ2n) is 2.48. The zero-order valence-electron chi connectivity index (χ0n) is 6.98. The van der Waals surface area contributed by atoms with Crippen molar-refractivity contribution in [2.75, 3.05) is 19.1 Å². The topological polar surface area (TPSA) is 68.4 Å². The van der Waals surface area contributed by atoms with Crippen LogP contribution in [0.5, 0.6) is 11.5 Å². The van der Waals surface area contributed by atoms with Crippen molar-refractivity contribution in [3.8, 4) is 11.5 Å². The molecule has 1 aromatic rings. The van der Waals surface area contributed by atoms with Crippen molar-refractivity contribution in [3.05, 3.63) is 12.3 Å². The van der Waals surface area contributed by atoms with Gasteiger partial charge in [0.15, 0.2) is 11.6 Å². The number of nitrogens with zero attached hydrogens (tertiary/aromatic N) is 1. The molecule has 0 amide bonds. The van der Waals surface area contributed by atoms with Gasteiger partial charge in [-0.15, -0.1) is 0 Å². The van der Waals surface area contributed by atoms with Gasteiger partial charge in [-0.25, -0.2) is 4.98 Å². The minimum Gasteiger partial charge on any atom is -0.506 e. The fourth-order valence-corrected chi connectivity index (χ4v) is 1.25. The highest BCUT2D eigenvalue weighted by molar-refractivity contribution is 7.51. The van der Waals surface area contributed by atoms with E-state index in [1.54, 1.807) is 0 Å². The molecule has 0 spiro atoms. The average molecular weight is 186 g/mol. The Labute approximate surface area is 72.2 Å². The first-order valence-electron chi connectivity index (χ1n) is 3.39. The molecule has 0 unspecified atom stereocenters. The molecule has 0 bridgehead atoms. The van der Waals surface area contributed by atoms with Crippen molar-refractivity contribution in [2.45, 2.75) is 0 Å². The summed E-state index contributed by atoms with van der Waals surface area (Å²) in [7, 11) is -0.536. The smallest absolute Gasteiger partial charge is 0.168 e. The highest BCUT2D eigenvalue weighted by atomic mass is 31.1. The minimum atomic E-state index is -0.536. The molecule has 1 aromatic heterocycles. The number of rotatable bonds is 2. The monoisotopic (exact) mass is 186 g/mol. The summed E-state index contributed by atoms with van der Waals surface area (Å²) in [6, 6.07) is 1.46. The molecular formula is C7H11N2O2P. The Balaban J connectivity index is 2.90. The van der Waals surface area contributed by atoms with Gasteiger partial charge >= 0.3 is 0 Å². The van der Waals surface area contributed by atoms with E-state index < -0.39 is 8.15 Å². The van der Waals surface area contributed by atoms with Gasteiger partial charge in [0.25, 0.3) is 0 Å². The second-order valence-corrected chi connectivity index (χ2v) is 4.29. The summed E-state index contributed by atoms with van der Waals surface area (Å²) in [4.78, 5) is 3.74. The number of aromatic nitrogens is 1. The lowest BCUT2D eigenvalue weighted by Gasteiger charge is -2.10. The molecule has 5 heteroatoms. The van der Waals surface area contributed by atoms with Crippen molar-refractivity contribution < 1.29 is 9.63 Å². The Bertz CT molecular complexity index is 278. The molecule has 0 saturated heterocycles. The first kappa shape index (κ1) is 9.07. The van der Waals surface area contributed by atoms with Crippen molar-refractivity contribution in [1.82, 2.24) is 4.98 Å². The van der Waals surface area contributed by atoms with Crippen LogP contribution in [0.1, 0.15) is 0 Å². The summed E-state index contributed by atoms with van der Waals surface area (Å²) < 4.78 is 5.34. The number of aromatic hydroxyl groups is 1. The van der Waals surface area contributed by atoms with Gasteiger partial charge in [0, 0.05) is 6.07 Å². The van der Waals surface area contributed by atoms with Gasteiger partial charge < -0.3 is 15.4 Å². The number of pyridine rings is 1. The molecule has 3 N–H and O–H groups in total. The number of nitrogen functional groups attached to an aromatic ring is 1. The third kappa shape index (κ3) is 2.24. The molecule has 0 saturated carbocycles. The molecule has 0 aliphatic carbocycles. The van der Waals surface area contributed by atoms with E-state index in [4.69, 9.17) is 15.4 Å². The maximum Gasteiger partial charge on any atom is 0.168 e. The van der Waals surface area contributed by atoms with E-state index in [0.29, 0.717) is 11.6 Å². The summed E-state index contributed by atoms with van der Waals surface area (Å²) in [5.74, 6) is 0.825. The second kappa shape index (κ2) is 3.59. The SMILES string of the molecule is CP(C)Oc1cc(O)cnc1N. The van der Waals surface area contributed by atoms with Crippen LogP contribution in [0, 0.1) is 0 Å². The van der Waals surface area contributed by atoms with Gasteiger partial charge in [0.1, 0.15) is 5.75 Å². The fourth-order valence-electron chi connectivity index (χ4n) is 0.715. The molecule has 1 heterocycles. The maximum absolute atomic E-state index is 9.06. The van der Waals surface area contributed by atoms with E-state index in [1.807, 2.05) is 13.3 Å². The van der Waals surface area contributed by atoms with Gasteiger partial charge in [0.05, 0.1) is 14.3 Å². The Morgan fingerprint density at radius 2 is 2.25 bits per heavy atom. The van der Waals surface area contributed by atoms with E-state index in [-0.39, 0.29) is 5.75 Å². The predicted molar refractivity (Wildman–Crippen MR) is 49.7 cm³/mol. The summed E-state index contributed by atoms with van der Waals surface area (Å²) in [5.41, 5.74) is 5.50. The number of nitrogens with two attached hydrogens (primary N) is 1. The van der Waals surface area contributed by atoms with E-state index >= 15 is 0 Å². The Hall–Kier alpha value is -1.02. The average Bonchev–Trinajstić information content (AvgIpc) is 1.96. The summed E-state index contributed by atoms with van der Waals surface area (Å²) in [6.45, 7) is 3.89. The highest BCUT2D eigenvalue weighted by Gasteiger charge is 2.04. The molecular weight excluding hydrogens is 175 g/mol. The van der Waals surface area contributed by atoms with Gasteiger partial charge in [-0.3, -0.25) is 0 Å². The molecule has 0 aromatic carbocycles. The van der Waals surface area contributed by atoms with E-state index in [1.165, 1.54) is 12.3 Å². The lowest BCUT2D eigenvalue weighted by Crippen LogP contribution is -1.94. The Morgan fingerprint density at radius 1 is 1.58 bits per heavy atom. The van der Waals surface area contributed by atoms with Crippen LogP contribution in [0.4, 0.5) is 5.82 Å². The summed E-state index contributed by atoms with van der Waals surface area (Å²) in [6.07, 6.45) is 1.29. The predicted octanol–water partition coefficient (Wildman–Crippen LogP) is 1.40. The van der Waals surface area contributed by atoms with Crippen molar-refractivity contribution in [1.29, 1.82) is 0 Å². The zero-order chi connectivity index (χ0) is 9.14. The van der Waals surface area contributed by atoms with E-state index in [9.17, 15) is 0 Å². The van der Waals surface area contributed by atoms with Crippen molar-refractivity contribution in [2.24, 2.45) is 0 Å². The van der Waals surface area contributed by atoms with E-state index in [0.717, 1.165) is 0 Å². The fraction of sp³-hybridized carbons (Fsp3) is 0.286. The zero-order valence-corrected chi connectivity index (χ0v) is 7.88. The van der Waals surface area contributed by atoms with Crippen LogP contribution in [0.25, 0.3) is 0 Å². The van der Waals surface area contributed by atoms with Gasteiger partial charge in [-0.2, -0.15) is 0 Å². The number of hydrogen-bond acceptors (Lipinski definition) is 4. The van der Waals surface area contributed by atoms with Gasteiger partial charge in [-0.1, -0.05) is 0 Å². The molecule has 0 aliphatic rings. The molecule has 0 aliphatic heterocycles. The summed E-state index contributed by atoms with van der Waals surface area (Å²) >= 11 is 0. The van der Waals surface area contributed by atoms with Gasteiger partial charge in [0.2, 0.25) is 0 Å². The molecule has 66 valence electrons. The molecule has 12 heavy (non-hydrogen) atoms. The largest absolute Gasteiger partial charge is 0.506 e. The third-order valence-corrected chi connectivity index (χ3v) is 1.71. The minimum absolute atomic E-state index is 0.0658. The number of hydrogen-bond donors (Lipinski definition) is 2. The molecule has 1 rings (SSSR count). The maximum atomic E-state index is 9.06. The molecule has 4 nitrogen and oxygen atoms in total. The van der Waals surface area contributed by atoms with Crippen LogP contribution in [-0.4, -0.2) is 23.4 Å². The van der Waals surface area contributed by atoms with Crippen LogP contribution in [-0.2, 0) is 0 Å². The van der Waals surface area contributed by atoms with Crippen LogP contribution < -0.4 is 10.3 Å². The highest BCUT2D eigenvalue weighted by Crippen LogP contribution is 2.34. The number of anilines is 1. The first-order valence-corrected chi connectivity index (χ1v) is 5.55. The lowest BCUT2D eigenvalue weighted by molar-refractivity contribution is 0.469. The Kier molecular flexibility index (Phi) is 2.71. The quantitative estimate of drug-likeness (QED) is 0.685. The van der Waals surface area contributed by atoms with Crippen molar-refractivity contribution >= 4 is 14.0 Å². The molecule has 0 radical (unpaired) electrons. The lowest BCUT2D eigenvalue weighted by atomic mass is 10.4. The first-order chi connectivity index (χ1) is 5.59. The van der Waals surface area contributed by atoms with Crippen LogP contribution in [0.3, 0.4) is 0 Å². The standard InChI is InChI=1S/C7H11N2O2P/c1-12(2)11-6-3-5(10)4-9-7(6)8/h3-4,10H,1-2H3,(H2,8,9). The molecule has 0 atom stereocenters. The van der Waals surface area contributed by atoms with Crippen molar-refractivity contribution in [3.63, 3.8) is 0 Å². The van der Waals surface area contributed by atoms with Crippen LogP contribution in [0.2, 0.25) is 0 Å². The molecule has 0 fully saturated rings. The van der Waals surface area contributed by atoms with E-state index in [2.05, 4.69) is 4.98 Å². The normalized spacial score (nSPS) is 10.2. The van der Waals surface area contributed by atoms with Crippen LogP contribution in [0.15, 0.2) is 12.3 Å². The van der Waals surface area contributed by atoms with Crippen LogP contribution >= 0.6 is 8.15 Å². The third-order valence-electron chi connectivity index (χ3n) is 1.15.